The summed E-state index contributed by atoms with van der Waals surface area (Å²) in [6, 6.07) is 5.97. The number of pyridine rings is 1. The molecule has 1 aliphatic rings. The minimum atomic E-state index is -0.889. The summed E-state index contributed by atoms with van der Waals surface area (Å²) < 4.78 is 1.94. The van der Waals surface area contributed by atoms with Crippen molar-refractivity contribution in [2.75, 3.05) is 18.4 Å². The second kappa shape index (κ2) is 6.38. The maximum absolute atomic E-state index is 11.1. The van der Waals surface area contributed by atoms with Crippen molar-refractivity contribution in [1.29, 1.82) is 0 Å². The number of nitrogens with one attached hydrogen (secondary N) is 2. The highest BCUT2D eigenvalue weighted by Gasteiger charge is 2.18. The van der Waals surface area contributed by atoms with Crippen LogP contribution >= 0.6 is 0 Å². The second-order valence-electron chi connectivity index (χ2n) is 6.64. The van der Waals surface area contributed by atoms with Crippen LogP contribution in [-0.2, 0) is 0 Å². The van der Waals surface area contributed by atoms with Crippen LogP contribution in [0.4, 0.5) is 16.3 Å². The highest BCUT2D eigenvalue weighted by molar-refractivity contribution is 5.92. The highest BCUT2D eigenvalue weighted by atomic mass is 16.4. The van der Waals surface area contributed by atoms with Crippen LogP contribution in [0.25, 0.3) is 22.1 Å². The lowest BCUT2D eigenvalue weighted by Crippen LogP contribution is -2.33. The van der Waals surface area contributed by atoms with Gasteiger partial charge in [-0.15, -0.1) is 0 Å². The lowest BCUT2D eigenvalue weighted by molar-refractivity contribution is 0.150. The van der Waals surface area contributed by atoms with E-state index in [-0.39, 0.29) is 0 Å². The SMILES string of the molecule is O=C(O)N1CC=C(c2cc3c(Nc4ccn5cncc5c4)ncnc3[nH]2)CC1. The molecule has 5 heterocycles. The molecule has 0 unspecified atom stereocenters. The van der Waals surface area contributed by atoms with Gasteiger partial charge in [-0.2, -0.15) is 0 Å². The fraction of sp³-hybridized carbons (Fsp3) is 0.158. The van der Waals surface area contributed by atoms with Gasteiger partial charge in [0.1, 0.15) is 17.8 Å². The minimum absolute atomic E-state index is 0.391. The van der Waals surface area contributed by atoms with E-state index in [9.17, 15) is 4.79 Å². The fourth-order valence-corrected chi connectivity index (χ4v) is 3.43. The Hall–Kier alpha value is -3.88. The van der Waals surface area contributed by atoms with Crippen molar-refractivity contribution in [1.82, 2.24) is 29.2 Å². The zero-order chi connectivity index (χ0) is 19.1. The predicted octanol–water partition coefficient (Wildman–Crippen LogP) is 3.12. The first-order valence-corrected chi connectivity index (χ1v) is 8.87. The first-order valence-electron chi connectivity index (χ1n) is 8.87. The lowest BCUT2D eigenvalue weighted by atomic mass is 10.1. The molecular formula is C19H17N7O2. The number of fused-ring (bicyclic) bond motifs is 2. The van der Waals surface area contributed by atoms with Gasteiger partial charge in [-0.05, 0) is 30.2 Å². The zero-order valence-corrected chi connectivity index (χ0v) is 14.8. The molecule has 4 aromatic rings. The lowest BCUT2D eigenvalue weighted by Gasteiger charge is -2.23. The maximum atomic E-state index is 11.1. The van der Waals surface area contributed by atoms with E-state index in [0.717, 1.165) is 33.5 Å². The standard InChI is InChI=1S/C19H17N7O2/c27-19(28)25-4-1-12(2-5-25)16-8-15-17(21-10-22-18(15)24-16)23-13-3-6-26-11-20-9-14(26)7-13/h1,3,6-11H,2,4-5H2,(H,27,28)(H2,21,22,23,24). The Bertz CT molecular complexity index is 1220. The highest BCUT2D eigenvalue weighted by Crippen LogP contribution is 2.29. The maximum Gasteiger partial charge on any atom is 0.407 e. The molecule has 5 rings (SSSR count). The molecule has 0 aromatic carbocycles. The number of imidazole rings is 1. The third-order valence-electron chi connectivity index (χ3n) is 4.93. The van der Waals surface area contributed by atoms with E-state index in [1.54, 1.807) is 12.5 Å². The van der Waals surface area contributed by atoms with Crippen LogP contribution in [0, 0.1) is 0 Å². The van der Waals surface area contributed by atoms with Gasteiger partial charge < -0.3 is 24.7 Å². The van der Waals surface area contributed by atoms with E-state index in [1.165, 1.54) is 11.2 Å². The normalized spacial score (nSPS) is 14.4. The molecule has 1 aliphatic heterocycles. The summed E-state index contributed by atoms with van der Waals surface area (Å²) in [5.74, 6) is 0.708. The van der Waals surface area contributed by atoms with Crippen LogP contribution in [0.1, 0.15) is 12.1 Å². The summed E-state index contributed by atoms with van der Waals surface area (Å²) in [5, 5.41) is 13.3. The van der Waals surface area contributed by atoms with Crippen molar-refractivity contribution in [2.45, 2.75) is 6.42 Å². The van der Waals surface area contributed by atoms with Gasteiger partial charge in [0, 0.05) is 30.7 Å². The van der Waals surface area contributed by atoms with Gasteiger partial charge in [0.25, 0.3) is 0 Å². The number of nitrogens with zero attached hydrogens (tertiary/aromatic N) is 5. The summed E-state index contributed by atoms with van der Waals surface area (Å²) in [5.41, 5.74) is 4.65. The Morgan fingerprint density at radius 2 is 2.21 bits per heavy atom. The number of carbonyl (C=O) groups is 1. The Labute approximate surface area is 159 Å². The summed E-state index contributed by atoms with van der Waals surface area (Å²) in [7, 11) is 0. The van der Waals surface area contributed by atoms with Crippen LogP contribution in [0.5, 0.6) is 0 Å². The van der Waals surface area contributed by atoms with Gasteiger partial charge in [0.15, 0.2) is 0 Å². The predicted molar refractivity (Wildman–Crippen MR) is 105 cm³/mol. The van der Waals surface area contributed by atoms with E-state index in [4.69, 9.17) is 5.11 Å². The van der Waals surface area contributed by atoms with Crippen molar-refractivity contribution in [3.63, 3.8) is 0 Å². The molecule has 0 saturated heterocycles. The minimum Gasteiger partial charge on any atom is -0.465 e. The van der Waals surface area contributed by atoms with Crippen LogP contribution < -0.4 is 5.32 Å². The molecule has 0 atom stereocenters. The quantitative estimate of drug-likeness (QED) is 0.507. The molecule has 1 amide bonds. The molecule has 140 valence electrons. The van der Waals surface area contributed by atoms with Gasteiger partial charge in [-0.1, -0.05) is 6.08 Å². The number of carboxylic acid groups (broad SMARTS) is 1. The van der Waals surface area contributed by atoms with E-state index >= 15 is 0 Å². The van der Waals surface area contributed by atoms with Crippen molar-refractivity contribution in [2.24, 2.45) is 0 Å². The van der Waals surface area contributed by atoms with Gasteiger partial charge >= 0.3 is 6.09 Å². The van der Waals surface area contributed by atoms with E-state index in [2.05, 4.69) is 25.3 Å². The largest absolute Gasteiger partial charge is 0.465 e. The number of rotatable bonds is 3. The Kier molecular flexibility index (Phi) is 3.71. The van der Waals surface area contributed by atoms with Crippen molar-refractivity contribution < 1.29 is 9.90 Å². The van der Waals surface area contributed by atoms with Crippen LogP contribution in [0.3, 0.4) is 0 Å². The summed E-state index contributed by atoms with van der Waals surface area (Å²) in [6.45, 7) is 0.876. The number of amides is 1. The molecule has 9 heteroatoms. The monoisotopic (exact) mass is 375 g/mol. The molecule has 0 fully saturated rings. The third kappa shape index (κ3) is 2.82. The van der Waals surface area contributed by atoms with Crippen LogP contribution in [0.2, 0.25) is 0 Å². The Balaban J connectivity index is 1.46. The number of aromatic nitrogens is 5. The summed E-state index contributed by atoms with van der Waals surface area (Å²) in [4.78, 5) is 28.6. The molecule has 9 nitrogen and oxygen atoms in total. The van der Waals surface area contributed by atoms with Gasteiger partial charge in [-0.25, -0.2) is 19.7 Å². The number of hydrogen-bond donors (Lipinski definition) is 3. The van der Waals surface area contributed by atoms with Crippen LogP contribution in [0.15, 0.2) is 49.3 Å². The van der Waals surface area contributed by atoms with Crippen molar-refractivity contribution >= 4 is 39.7 Å². The summed E-state index contributed by atoms with van der Waals surface area (Å²) >= 11 is 0. The molecule has 0 bridgehead atoms. The number of aromatic amines is 1. The average Bonchev–Trinajstić information content (AvgIpc) is 3.35. The molecule has 0 spiro atoms. The number of H-pyrrole nitrogens is 1. The van der Waals surface area contributed by atoms with Gasteiger partial charge in [0.2, 0.25) is 0 Å². The van der Waals surface area contributed by atoms with Gasteiger partial charge in [-0.3, -0.25) is 0 Å². The summed E-state index contributed by atoms with van der Waals surface area (Å²) in [6.07, 6.45) is 8.72. The Morgan fingerprint density at radius 1 is 1.29 bits per heavy atom. The molecule has 0 saturated carbocycles. The van der Waals surface area contributed by atoms with Gasteiger partial charge in [0.05, 0.1) is 23.4 Å². The second-order valence-corrected chi connectivity index (χ2v) is 6.64. The third-order valence-corrected chi connectivity index (χ3v) is 4.93. The molecule has 28 heavy (non-hydrogen) atoms. The molecule has 4 aromatic heterocycles. The zero-order valence-electron chi connectivity index (χ0n) is 14.8. The van der Waals surface area contributed by atoms with E-state index in [0.29, 0.717) is 25.3 Å². The first kappa shape index (κ1) is 16.3. The first-order chi connectivity index (χ1) is 13.7. The molecule has 0 radical (unpaired) electrons. The van der Waals surface area contributed by atoms with Crippen molar-refractivity contribution in [3.8, 4) is 0 Å². The molecule has 0 aliphatic carbocycles. The Morgan fingerprint density at radius 3 is 3.04 bits per heavy atom. The smallest absolute Gasteiger partial charge is 0.407 e. The number of hydrogen-bond acceptors (Lipinski definition) is 5. The molecule has 3 N–H and O–H groups in total. The van der Waals surface area contributed by atoms with E-state index in [1.807, 2.05) is 34.9 Å². The van der Waals surface area contributed by atoms with Crippen LogP contribution in [-0.4, -0.2) is 53.5 Å². The average molecular weight is 375 g/mol. The van der Waals surface area contributed by atoms with Crippen molar-refractivity contribution in [3.05, 3.63) is 55.0 Å². The van der Waals surface area contributed by atoms with E-state index < -0.39 is 6.09 Å². The fourth-order valence-electron chi connectivity index (χ4n) is 3.43. The number of anilines is 2. The molecular weight excluding hydrogens is 358 g/mol. The topological polar surface area (TPSA) is 111 Å².